The van der Waals surface area contributed by atoms with Crippen LogP contribution in [0.3, 0.4) is 0 Å². The molecule has 0 aromatic carbocycles. The van der Waals surface area contributed by atoms with Crippen LogP contribution < -0.4 is 0 Å². The van der Waals surface area contributed by atoms with Gasteiger partial charge < -0.3 is 29.1 Å². The number of hydrogen-bond acceptors (Lipinski definition) is 5. The molecule has 9 nitrogen and oxygen atoms in total. The zero-order chi connectivity index (χ0) is 18.4. The summed E-state index contributed by atoms with van der Waals surface area (Å²) in [6, 6.07) is 0.600. The van der Waals surface area contributed by atoms with Gasteiger partial charge in [-0.25, -0.2) is 0 Å². The Labute approximate surface area is 143 Å². The number of esters is 1. The Kier molecular flexibility index (Phi) is 11.8. The van der Waals surface area contributed by atoms with Crippen LogP contribution in [0.15, 0.2) is 0 Å². The molecule has 0 aliphatic carbocycles. The van der Waals surface area contributed by atoms with E-state index in [0.29, 0.717) is 49.6 Å². The third-order valence-electron chi connectivity index (χ3n) is 3.56. The fourth-order valence-electron chi connectivity index (χ4n) is 2.12. The van der Waals surface area contributed by atoms with E-state index >= 15 is 0 Å². The van der Waals surface area contributed by atoms with Gasteiger partial charge in [-0.1, -0.05) is 0 Å². The van der Waals surface area contributed by atoms with Gasteiger partial charge in [-0.15, -0.1) is 0 Å². The second-order valence-electron chi connectivity index (χ2n) is 5.07. The second kappa shape index (κ2) is 12.7. The highest BCUT2D eigenvalue weighted by atomic mass is 28.4. The van der Waals surface area contributed by atoms with Crippen LogP contribution in [0.1, 0.15) is 39.0 Å². The first-order chi connectivity index (χ1) is 11.5. The van der Waals surface area contributed by atoms with Crippen molar-refractivity contribution in [3.63, 3.8) is 0 Å². The zero-order valence-corrected chi connectivity index (χ0v) is 15.8. The fraction of sp³-hybridized carbons (Fsp3) is 0.786. The zero-order valence-electron chi connectivity index (χ0n) is 14.8. The van der Waals surface area contributed by atoms with Crippen LogP contribution in [-0.2, 0) is 22.8 Å². The normalized spacial score (nSPS) is 10.7. The van der Waals surface area contributed by atoms with E-state index in [0.717, 1.165) is 0 Å². The minimum atomic E-state index is -2.63. The van der Waals surface area contributed by atoms with Crippen molar-refractivity contribution in [3.8, 4) is 0 Å². The molecule has 0 saturated heterocycles. The average Bonchev–Trinajstić information content (AvgIpc) is 2.59. The molecule has 136 valence electrons. The maximum Gasteiger partial charge on any atom is 0.500 e. The van der Waals surface area contributed by atoms with Gasteiger partial charge in [-0.2, -0.15) is 9.58 Å². The number of nitrogens with zero attached hydrogens (tertiary/aromatic N) is 4. The molecular formula is C14H26N4O5Si. The molecule has 0 aliphatic rings. The monoisotopic (exact) mass is 358 g/mol. The van der Waals surface area contributed by atoms with Crippen molar-refractivity contribution >= 4 is 26.2 Å². The van der Waals surface area contributed by atoms with Gasteiger partial charge in [0, 0.05) is 40.7 Å². The van der Waals surface area contributed by atoms with Crippen molar-refractivity contribution in [1.29, 1.82) is 0 Å². The SMILES string of the molecule is CO[Si](CCCC(CCC(CCOC(C)=O)=[N+]=[N-])=[N+]=[N-])(OC)OC. The summed E-state index contributed by atoms with van der Waals surface area (Å²) in [5.41, 5.74) is 19.1. The van der Waals surface area contributed by atoms with E-state index in [1.54, 1.807) is 21.3 Å². The van der Waals surface area contributed by atoms with Crippen LogP contribution in [0, 0.1) is 0 Å². The van der Waals surface area contributed by atoms with Crippen LogP contribution >= 0.6 is 0 Å². The quantitative estimate of drug-likeness (QED) is 0.163. The number of carbonyl (C=O) groups excluding carboxylic acids is 1. The molecule has 0 atom stereocenters. The van der Waals surface area contributed by atoms with Crippen LogP contribution in [0.2, 0.25) is 6.04 Å². The van der Waals surface area contributed by atoms with Crippen LogP contribution in [0.4, 0.5) is 0 Å². The highest BCUT2D eigenvalue weighted by Gasteiger charge is 2.37. The molecule has 0 heterocycles. The first-order valence-corrected chi connectivity index (χ1v) is 9.58. The summed E-state index contributed by atoms with van der Waals surface area (Å²) in [6.45, 7) is 1.47. The van der Waals surface area contributed by atoms with Crippen molar-refractivity contribution in [2.24, 2.45) is 0 Å². The van der Waals surface area contributed by atoms with Gasteiger partial charge in [0.25, 0.3) is 11.4 Å². The lowest BCUT2D eigenvalue weighted by atomic mass is 10.1. The molecule has 0 aliphatic heterocycles. The number of carbonyl (C=O) groups is 1. The lowest BCUT2D eigenvalue weighted by Crippen LogP contribution is -2.42. The molecule has 0 amide bonds. The molecule has 0 aromatic rings. The van der Waals surface area contributed by atoms with Gasteiger partial charge in [0.2, 0.25) is 0 Å². The molecule has 0 spiro atoms. The van der Waals surface area contributed by atoms with Gasteiger partial charge in [-0.3, -0.25) is 4.79 Å². The van der Waals surface area contributed by atoms with Crippen LogP contribution in [0.25, 0.3) is 11.1 Å². The van der Waals surface area contributed by atoms with Crippen molar-refractivity contribution in [2.75, 3.05) is 27.9 Å². The van der Waals surface area contributed by atoms with Crippen molar-refractivity contribution in [3.05, 3.63) is 11.1 Å². The summed E-state index contributed by atoms with van der Waals surface area (Å²) in [6.07, 6.45) is 2.42. The summed E-state index contributed by atoms with van der Waals surface area (Å²) < 4.78 is 20.8. The third kappa shape index (κ3) is 8.83. The molecular weight excluding hydrogens is 332 g/mol. The van der Waals surface area contributed by atoms with E-state index in [9.17, 15) is 4.79 Å². The van der Waals surface area contributed by atoms with Crippen molar-refractivity contribution in [1.82, 2.24) is 0 Å². The fourth-order valence-corrected chi connectivity index (χ4v) is 3.84. The summed E-state index contributed by atoms with van der Waals surface area (Å²) in [5, 5.41) is 0. The van der Waals surface area contributed by atoms with E-state index in [4.69, 9.17) is 29.1 Å². The molecule has 0 saturated carbocycles. The Morgan fingerprint density at radius 1 is 0.917 bits per heavy atom. The molecule has 0 N–H and O–H groups in total. The third-order valence-corrected chi connectivity index (χ3v) is 6.39. The van der Waals surface area contributed by atoms with E-state index in [2.05, 4.69) is 9.58 Å². The molecule has 0 rings (SSSR count). The summed E-state index contributed by atoms with van der Waals surface area (Å²) in [7, 11) is 2.02. The van der Waals surface area contributed by atoms with E-state index in [-0.39, 0.29) is 12.6 Å². The maximum atomic E-state index is 10.7. The van der Waals surface area contributed by atoms with Gasteiger partial charge in [0.15, 0.2) is 0 Å². The topological polar surface area (TPSA) is 127 Å². The van der Waals surface area contributed by atoms with E-state index < -0.39 is 8.80 Å². The number of ether oxygens (including phenoxy) is 1. The molecule has 24 heavy (non-hydrogen) atoms. The minimum absolute atomic E-state index is 0.157. The van der Waals surface area contributed by atoms with E-state index in [1.807, 2.05) is 0 Å². The largest absolute Gasteiger partial charge is 0.500 e. The Hall–Kier alpha value is -1.67. The van der Waals surface area contributed by atoms with Gasteiger partial charge in [0.1, 0.15) is 6.61 Å². The predicted molar refractivity (Wildman–Crippen MR) is 88.6 cm³/mol. The summed E-state index contributed by atoms with van der Waals surface area (Å²) in [5.74, 6) is -0.382. The molecule has 0 fully saturated rings. The van der Waals surface area contributed by atoms with Crippen molar-refractivity contribution in [2.45, 2.75) is 45.1 Å². The van der Waals surface area contributed by atoms with Gasteiger partial charge in [0.05, 0.1) is 19.3 Å². The molecule has 0 aromatic heterocycles. The standard InChI is InChI=1S/C14H26N4O5Si/c1-12(19)23-10-9-14(18-16)8-7-13(17-15)6-5-11-24(20-2,21-3)22-4/h5-11H2,1-4H3. The van der Waals surface area contributed by atoms with Crippen LogP contribution in [0.5, 0.6) is 0 Å². The Morgan fingerprint density at radius 3 is 1.83 bits per heavy atom. The Balaban J connectivity index is 4.30. The first kappa shape index (κ1) is 22.3. The average molecular weight is 358 g/mol. The second-order valence-corrected chi connectivity index (χ2v) is 8.16. The molecule has 10 heteroatoms. The number of rotatable bonds is 13. The predicted octanol–water partition coefficient (Wildman–Crippen LogP) is 1.72. The summed E-state index contributed by atoms with van der Waals surface area (Å²) >= 11 is 0. The van der Waals surface area contributed by atoms with Gasteiger partial charge in [-0.05, 0) is 6.42 Å². The smallest absolute Gasteiger partial charge is 0.465 e. The highest BCUT2D eigenvalue weighted by Crippen LogP contribution is 2.17. The maximum absolute atomic E-state index is 10.7. The minimum Gasteiger partial charge on any atom is -0.465 e. The lowest BCUT2D eigenvalue weighted by molar-refractivity contribution is -0.140. The lowest BCUT2D eigenvalue weighted by Gasteiger charge is -2.23. The number of hydrogen-bond donors (Lipinski definition) is 0. The molecule has 0 bridgehead atoms. The highest BCUT2D eigenvalue weighted by molar-refractivity contribution is 6.60. The van der Waals surface area contributed by atoms with Gasteiger partial charge >= 0.3 is 14.8 Å². The summed E-state index contributed by atoms with van der Waals surface area (Å²) in [4.78, 5) is 17.2. The van der Waals surface area contributed by atoms with Crippen LogP contribution in [-0.4, -0.2) is 63.7 Å². The molecule has 0 radical (unpaired) electrons. The Bertz CT molecular complexity index is 489. The Morgan fingerprint density at radius 2 is 1.42 bits per heavy atom. The van der Waals surface area contributed by atoms with Crippen molar-refractivity contribution < 1.29 is 32.4 Å². The van der Waals surface area contributed by atoms with E-state index in [1.165, 1.54) is 6.92 Å². The molecule has 0 unspecified atom stereocenters. The first-order valence-electron chi connectivity index (χ1n) is 7.65.